The van der Waals surface area contributed by atoms with Gasteiger partial charge in [-0.25, -0.2) is 4.68 Å². The number of rotatable bonds is 6. The van der Waals surface area contributed by atoms with E-state index >= 15 is 0 Å². The second kappa shape index (κ2) is 5.88. The molecule has 0 spiro atoms. The van der Waals surface area contributed by atoms with Crippen LogP contribution < -0.4 is 5.32 Å². The van der Waals surface area contributed by atoms with Crippen molar-refractivity contribution < 1.29 is 0 Å². The molecule has 0 aliphatic heterocycles. The summed E-state index contributed by atoms with van der Waals surface area (Å²) < 4.78 is 1.72. The van der Waals surface area contributed by atoms with Gasteiger partial charge in [-0.1, -0.05) is 6.58 Å². The van der Waals surface area contributed by atoms with Crippen LogP contribution in [0, 0.1) is 0 Å². The maximum atomic E-state index is 4.11. The van der Waals surface area contributed by atoms with Crippen molar-refractivity contribution in [3.05, 3.63) is 24.5 Å². The minimum Gasteiger partial charge on any atom is -0.309 e. The average Bonchev–Trinajstić information content (AvgIpc) is 2.63. The molecule has 3 nitrogen and oxygen atoms in total. The number of hydrogen-bond acceptors (Lipinski definition) is 3. The Hall–Kier alpha value is -0.740. The van der Waals surface area contributed by atoms with Gasteiger partial charge in [0.25, 0.3) is 0 Å². The van der Waals surface area contributed by atoms with E-state index in [1.54, 1.807) is 10.9 Å². The summed E-state index contributed by atoms with van der Waals surface area (Å²) in [7, 11) is 0. The summed E-state index contributed by atoms with van der Waals surface area (Å²) in [6.07, 6.45) is 7.65. The third-order valence-corrected chi connectivity index (χ3v) is 2.75. The van der Waals surface area contributed by atoms with Crippen molar-refractivity contribution in [2.45, 2.75) is 19.5 Å². The van der Waals surface area contributed by atoms with Crippen molar-refractivity contribution in [3.8, 4) is 0 Å². The first kappa shape index (κ1) is 11.3. The highest BCUT2D eigenvalue weighted by Gasteiger charge is 2.01. The van der Waals surface area contributed by atoms with Crippen molar-refractivity contribution >= 4 is 18.0 Å². The Labute approximate surface area is 89.6 Å². The van der Waals surface area contributed by atoms with Crippen LogP contribution in [0.5, 0.6) is 0 Å². The van der Waals surface area contributed by atoms with Crippen LogP contribution >= 0.6 is 11.8 Å². The molecular weight excluding hydrogens is 194 g/mol. The van der Waals surface area contributed by atoms with Gasteiger partial charge in [-0.2, -0.15) is 16.9 Å². The first-order chi connectivity index (χ1) is 6.76. The van der Waals surface area contributed by atoms with Gasteiger partial charge in [-0.05, 0) is 13.2 Å². The molecule has 4 heteroatoms. The first-order valence-corrected chi connectivity index (χ1v) is 6.03. The van der Waals surface area contributed by atoms with Crippen molar-refractivity contribution in [1.82, 2.24) is 15.1 Å². The molecule has 1 aromatic heterocycles. The number of hydrogen-bond donors (Lipinski definition) is 1. The zero-order valence-electron chi connectivity index (χ0n) is 8.73. The summed E-state index contributed by atoms with van der Waals surface area (Å²) in [5, 5.41) is 7.54. The lowest BCUT2D eigenvalue weighted by Gasteiger charge is -2.10. The molecule has 0 radical (unpaired) electrons. The van der Waals surface area contributed by atoms with Gasteiger partial charge in [0, 0.05) is 36.3 Å². The summed E-state index contributed by atoms with van der Waals surface area (Å²) in [4.78, 5) is 0. The molecular formula is C10H17N3S. The van der Waals surface area contributed by atoms with Crippen LogP contribution in [0.4, 0.5) is 0 Å². The Kier molecular flexibility index (Phi) is 4.76. The van der Waals surface area contributed by atoms with Crippen LogP contribution in [0.25, 0.3) is 6.20 Å². The van der Waals surface area contributed by atoms with Crippen molar-refractivity contribution in [2.75, 3.05) is 12.0 Å². The van der Waals surface area contributed by atoms with Crippen molar-refractivity contribution in [1.29, 1.82) is 0 Å². The largest absolute Gasteiger partial charge is 0.309 e. The molecule has 1 heterocycles. The summed E-state index contributed by atoms with van der Waals surface area (Å²) in [6, 6.07) is 0.539. The van der Waals surface area contributed by atoms with Crippen LogP contribution in [0.3, 0.4) is 0 Å². The molecule has 0 bridgehead atoms. The molecule has 1 unspecified atom stereocenters. The van der Waals surface area contributed by atoms with E-state index in [9.17, 15) is 0 Å². The van der Waals surface area contributed by atoms with Gasteiger partial charge >= 0.3 is 0 Å². The molecule has 0 aliphatic carbocycles. The van der Waals surface area contributed by atoms with Crippen LogP contribution in [-0.4, -0.2) is 27.8 Å². The molecule has 14 heavy (non-hydrogen) atoms. The third-order valence-electron chi connectivity index (χ3n) is 1.91. The minimum atomic E-state index is 0.539. The van der Waals surface area contributed by atoms with Gasteiger partial charge in [-0.3, -0.25) is 0 Å². The van der Waals surface area contributed by atoms with E-state index in [1.807, 2.05) is 24.2 Å². The molecule has 0 aliphatic rings. The maximum Gasteiger partial charge on any atom is 0.0538 e. The molecule has 0 fully saturated rings. The van der Waals surface area contributed by atoms with E-state index in [2.05, 4.69) is 30.2 Å². The van der Waals surface area contributed by atoms with E-state index in [4.69, 9.17) is 0 Å². The fraction of sp³-hybridized carbons (Fsp3) is 0.500. The maximum absolute atomic E-state index is 4.11. The normalized spacial score (nSPS) is 12.7. The molecule has 0 amide bonds. The van der Waals surface area contributed by atoms with Crippen molar-refractivity contribution in [3.63, 3.8) is 0 Å². The summed E-state index contributed by atoms with van der Waals surface area (Å²) in [5.74, 6) is 1.13. The van der Waals surface area contributed by atoms with E-state index in [0.717, 1.165) is 12.3 Å². The minimum absolute atomic E-state index is 0.539. The van der Waals surface area contributed by atoms with Crippen LogP contribution in [0.2, 0.25) is 0 Å². The first-order valence-electron chi connectivity index (χ1n) is 4.64. The van der Waals surface area contributed by atoms with Gasteiger partial charge < -0.3 is 5.32 Å². The second-order valence-electron chi connectivity index (χ2n) is 3.25. The number of aromatic nitrogens is 2. The zero-order chi connectivity index (χ0) is 10.4. The van der Waals surface area contributed by atoms with Crippen molar-refractivity contribution in [2.24, 2.45) is 0 Å². The Morgan fingerprint density at radius 2 is 2.57 bits per heavy atom. The highest BCUT2D eigenvalue weighted by atomic mass is 32.2. The van der Waals surface area contributed by atoms with E-state index < -0.39 is 0 Å². The smallest absolute Gasteiger partial charge is 0.0538 e. The van der Waals surface area contributed by atoms with E-state index in [1.165, 1.54) is 5.56 Å². The van der Waals surface area contributed by atoms with Gasteiger partial charge in [0.15, 0.2) is 0 Å². The number of nitrogens with zero attached hydrogens (tertiary/aromatic N) is 2. The SMILES string of the molecule is C=Cn1cc(CNC(C)CSC)cn1. The van der Waals surface area contributed by atoms with E-state index in [-0.39, 0.29) is 0 Å². The lowest BCUT2D eigenvalue weighted by atomic mass is 10.3. The van der Waals surface area contributed by atoms with E-state index in [0.29, 0.717) is 6.04 Å². The highest BCUT2D eigenvalue weighted by Crippen LogP contribution is 2.00. The van der Waals surface area contributed by atoms with Crippen LogP contribution in [0.1, 0.15) is 12.5 Å². The standard InChI is InChI=1S/C10H17N3S/c1-4-13-7-10(6-12-13)5-11-9(2)8-14-3/h4,6-7,9,11H,1,5,8H2,2-3H3. The monoisotopic (exact) mass is 211 g/mol. The highest BCUT2D eigenvalue weighted by molar-refractivity contribution is 7.98. The Balaban J connectivity index is 2.33. The summed E-state index contributed by atoms with van der Waals surface area (Å²) >= 11 is 1.86. The Morgan fingerprint density at radius 1 is 1.79 bits per heavy atom. The average molecular weight is 211 g/mol. The third kappa shape index (κ3) is 3.55. The fourth-order valence-electron chi connectivity index (χ4n) is 1.17. The lowest BCUT2D eigenvalue weighted by Crippen LogP contribution is -2.27. The molecule has 78 valence electrons. The predicted molar refractivity (Wildman–Crippen MR) is 63.3 cm³/mol. The number of thioether (sulfide) groups is 1. The van der Waals surface area contributed by atoms with Gasteiger partial charge in [0.2, 0.25) is 0 Å². The fourth-order valence-corrected chi connectivity index (χ4v) is 1.79. The quantitative estimate of drug-likeness (QED) is 0.778. The second-order valence-corrected chi connectivity index (χ2v) is 4.16. The molecule has 0 aromatic carbocycles. The lowest BCUT2D eigenvalue weighted by molar-refractivity contribution is 0.596. The topological polar surface area (TPSA) is 29.9 Å². The van der Waals surface area contributed by atoms with Gasteiger partial charge in [0.1, 0.15) is 0 Å². The molecule has 0 saturated heterocycles. The van der Waals surface area contributed by atoms with Gasteiger partial charge in [0.05, 0.1) is 6.20 Å². The molecule has 1 aromatic rings. The molecule has 0 saturated carbocycles. The van der Waals surface area contributed by atoms with Gasteiger partial charge in [-0.15, -0.1) is 0 Å². The predicted octanol–water partition coefficient (Wildman–Crippen LogP) is 1.82. The molecule has 1 rings (SSSR count). The number of nitrogens with one attached hydrogen (secondary N) is 1. The summed E-state index contributed by atoms with van der Waals surface area (Å²) in [5.41, 5.74) is 1.19. The summed E-state index contributed by atoms with van der Waals surface area (Å²) in [6.45, 7) is 6.71. The Morgan fingerprint density at radius 3 is 3.14 bits per heavy atom. The van der Waals surface area contributed by atoms with Crippen LogP contribution in [-0.2, 0) is 6.54 Å². The molecule has 1 N–H and O–H groups in total. The van der Waals surface area contributed by atoms with Crippen LogP contribution in [0.15, 0.2) is 19.0 Å². The zero-order valence-corrected chi connectivity index (χ0v) is 9.55. The molecule has 1 atom stereocenters. The Bertz CT molecular complexity index is 283.